The van der Waals surface area contributed by atoms with Crippen LogP contribution in [0.3, 0.4) is 0 Å². The highest BCUT2D eigenvalue weighted by atomic mass is 79.9. The predicted octanol–water partition coefficient (Wildman–Crippen LogP) is 4.98. The van der Waals surface area contributed by atoms with E-state index >= 15 is 0 Å². The number of nitrogens with one attached hydrogen (secondary N) is 1. The van der Waals surface area contributed by atoms with Crippen molar-refractivity contribution in [3.8, 4) is 5.75 Å². The van der Waals surface area contributed by atoms with Gasteiger partial charge < -0.3 is 9.72 Å². The van der Waals surface area contributed by atoms with Gasteiger partial charge in [-0.25, -0.2) is 4.39 Å². The second kappa shape index (κ2) is 8.78. The van der Waals surface area contributed by atoms with Gasteiger partial charge in [-0.3, -0.25) is 14.6 Å². The molecular weight excluding hydrogens is 472 g/mol. The number of hydrogen-bond acceptors (Lipinski definition) is 4. The van der Waals surface area contributed by atoms with Crippen LogP contribution in [0.4, 0.5) is 17.6 Å². The first-order valence-electron chi connectivity index (χ1n) is 8.51. The summed E-state index contributed by atoms with van der Waals surface area (Å²) in [6.07, 6.45) is -2.46. The van der Waals surface area contributed by atoms with Gasteiger partial charge in [-0.15, -0.1) is 13.2 Å². The molecule has 0 saturated carbocycles. The fourth-order valence-electron chi connectivity index (χ4n) is 2.86. The molecule has 0 fully saturated rings. The normalized spacial score (nSPS) is 12.4. The summed E-state index contributed by atoms with van der Waals surface area (Å²) < 4.78 is 55.7. The Bertz CT molecular complexity index is 1110. The van der Waals surface area contributed by atoms with E-state index in [1.54, 1.807) is 12.1 Å². The number of alkyl halides is 3. The van der Waals surface area contributed by atoms with Gasteiger partial charge in [0.15, 0.2) is 17.3 Å². The zero-order valence-corrected chi connectivity index (χ0v) is 16.6. The molecule has 2 aromatic heterocycles. The van der Waals surface area contributed by atoms with E-state index in [1.807, 2.05) is 0 Å². The van der Waals surface area contributed by atoms with E-state index in [0.29, 0.717) is 10.2 Å². The summed E-state index contributed by atoms with van der Waals surface area (Å²) in [7, 11) is 0. The Morgan fingerprint density at radius 1 is 1.20 bits per heavy atom. The molecule has 1 atom stereocenters. The van der Waals surface area contributed by atoms with Crippen LogP contribution >= 0.6 is 15.9 Å². The van der Waals surface area contributed by atoms with Crippen LogP contribution in [0, 0.1) is 5.82 Å². The number of carbonyl (C=O) groups is 1. The zero-order valence-electron chi connectivity index (χ0n) is 15.0. The minimum atomic E-state index is -5.04. The first kappa shape index (κ1) is 21.7. The summed E-state index contributed by atoms with van der Waals surface area (Å²) in [4.78, 5) is 30.6. The Balaban J connectivity index is 1.99. The van der Waals surface area contributed by atoms with Crippen LogP contribution < -0.4 is 10.3 Å². The lowest BCUT2D eigenvalue weighted by molar-refractivity contribution is -0.275. The maximum atomic E-state index is 14.3. The molecule has 0 saturated heterocycles. The third-order valence-corrected chi connectivity index (χ3v) is 4.87. The highest BCUT2D eigenvalue weighted by Crippen LogP contribution is 2.35. The number of carbonyl (C=O) groups excluding carboxylic acids is 1. The SMILES string of the molecule is O=C(C[C@@H](c1ccc(OC(F)(F)F)c(F)c1)c1ncccc1Br)c1ccc(=O)[nH]c1. The van der Waals surface area contributed by atoms with Crippen molar-refractivity contribution in [2.75, 3.05) is 0 Å². The van der Waals surface area contributed by atoms with Crippen molar-refractivity contribution in [1.29, 1.82) is 0 Å². The van der Waals surface area contributed by atoms with E-state index in [0.717, 1.165) is 12.1 Å². The number of H-pyrrole nitrogens is 1. The topological polar surface area (TPSA) is 72.0 Å². The molecule has 0 radical (unpaired) electrons. The number of pyridine rings is 2. The van der Waals surface area contributed by atoms with Gasteiger partial charge in [0.1, 0.15) is 0 Å². The quantitative estimate of drug-likeness (QED) is 0.395. The first-order valence-corrected chi connectivity index (χ1v) is 9.31. The van der Waals surface area contributed by atoms with Gasteiger partial charge in [0, 0.05) is 40.8 Å². The number of aromatic nitrogens is 2. The lowest BCUT2D eigenvalue weighted by atomic mass is 9.88. The number of hydrogen-bond donors (Lipinski definition) is 1. The maximum absolute atomic E-state index is 14.3. The van der Waals surface area contributed by atoms with E-state index in [2.05, 4.69) is 30.6 Å². The highest BCUT2D eigenvalue weighted by Gasteiger charge is 2.33. The van der Waals surface area contributed by atoms with Gasteiger partial charge in [-0.05, 0) is 51.8 Å². The number of halogens is 5. The number of Topliss-reactive ketones (excluding diaryl/α,β-unsaturated/α-hetero) is 1. The minimum absolute atomic E-state index is 0.166. The van der Waals surface area contributed by atoms with Crippen molar-refractivity contribution in [3.63, 3.8) is 0 Å². The number of rotatable bonds is 6. The molecule has 5 nitrogen and oxygen atoms in total. The van der Waals surface area contributed by atoms with Crippen molar-refractivity contribution in [3.05, 3.63) is 92.3 Å². The van der Waals surface area contributed by atoms with Crippen LogP contribution in [0.5, 0.6) is 5.75 Å². The Hall–Kier alpha value is -3.01. The largest absolute Gasteiger partial charge is 0.573 e. The van der Waals surface area contributed by atoms with Crippen LogP contribution in [0.25, 0.3) is 0 Å². The van der Waals surface area contributed by atoms with Crippen molar-refractivity contribution in [2.24, 2.45) is 0 Å². The van der Waals surface area contributed by atoms with Gasteiger partial charge in [0.2, 0.25) is 5.56 Å². The average molecular weight is 485 g/mol. The fraction of sp³-hybridized carbons (Fsp3) is 0.150. The smallest absolute Gasteiger partial charge is 0.403 e. The number of ketones is 1. The second-order valence-electron chi connectivity index (χ2n) is 6.23. The van der Waals surface area contributed by atoms with Crippen molar-refractivity contribution in [1.82, 2.24) is 9.97 Å². The van der Waals surface area contributed by atoms with Gasteiger partial charge in [-0.1, -0.05) is 6.07 Å². The lowest BCUT2D eigenvalue weighted by Crippen LogP contribution is -2.18. The van der Waals surface area contributed by atoms with E-state index in [9.17, 15) is 27.2 Å². The molecule has 2 heterocycles. The molecule has 30 heavy (non-hydrogen) atoms. The van der Waals surface area contributed by atoms with Crippen LogP contribution in [-0.2, 0) is 0 Å². The molecule has 0 aliphatic rings. The van der Waals surface area contributed by atoms with Crippen LogP contribution in [-0.4, -0.2) is 22.1 Å². The summed E-state index contributed by atoms with van der Waals surface area (Å²) in [5.74, 6) is -3.34. The Kier molecular flexibility index (Phi) is 6.35. The number of aromatic amines is 1. The molecule has 0 bridgehead atoms. The first-order chi connectivity index (χ1) is 14.1. The van der Waals surface area contributed by atoms with Gasteiger partial charge in [0.05, 0.1) is 5.69 Å². The van der Waals surface area contributed by atoms with Crippen molar-refractivity contribution >= 4 is 21.7 Å². The Morgan fingerprint density at radius 2 is 1.97 bits per heavy atom. The molecule has 10 heteroatoms. The molecule has 1 aromatic carbocycles. The number of ether oxygens (including phenoxy) is 1. The van der Waals surface area contributed by atoms with Crippen LogP contribution in [0.15, 0.2) is 64.1 Å². The molecule has 1 N–H and O–H groups in total. The van der Waals surface area contributed by atoms with E-state index in [-0.39, 0.29) is 28.9 Å². The molecule has 0 aliphatic heterocycles. The summed E-state index contributed by atoms with van der Waals surface area (Å²) in [6, 6.07) is 8.86. The summed E-state index contributed by atoms with van der Waals surface area (Å²) in [5, 5.41) is 0. The molecule has 3 rings (SSSR count). The van der Waals surface area contributed by atoms with Gasteiger partial charge in [0.25, 0.3) is 0 Å². The monoisotopic (exact) mass is 484 g/mol. The highest BCUT2D eigenvalue weighted by molar-refractivity contribution is 9.10. The summed E-state index contributed by atoms with van der Waals surface area (Å²) in [5.41, 5.74) is 0.486. The Morgan fingerprint density at radius 3 is 2.57 bits per heavy atom. The van der Waals surface area contributed by atoms with Gasteiger partial charge in [-0.2, -0.15) is 0 Å². The molecule has 156 valence electrons. The van der Waals surface area contributed by atoms with Crippen LogP contribution in [0.1, 0.15) is 34.0 Å². The summed E-state index contributed by atoms with van der Waals surface area (Å²) >= 11 is 3.33. The predicted molar refractivity (Wildman–Crippen MR) is 103 cm³/mol. The van der Waals surface area contributed by atoms with E-state index in [4.69, 9.17) is 0 Å². The molecule has 0 amide bonds. The molecule has 0 spiro atoms. The molecule has 0 unspecified atom stereocenters. The van der Waals surface area contributed by atoms with Crippen LogP contribution in [0.2, 0.25) is 0 Å². The van der Waals surface area contributed by atoms with Crippen molar-refractivity contribution < 1.29 is 27.1 Å². The van der Waals surface area contributed by atoms with E-state index in [1.165, 1.54) is 30.6 Å². The fourth-order valence-corrected chi connectivity index (χ4v) is 3.39. The maximum Gasteiger partial charge on any atom is 0.573 e. The van der Waals surface area contributed by atoms with E-state index < -0.39 is 23.8 Å². The third-order valence-electron chi connectivity index (χ3n) is 4.20. The molecule has 0 aliphatic carbocycles. The zero-order chi connectivity index (χ0) is 21.9. The van der Waals surface area contributed by atoms with Crippen molar-refractivity contribution in [2.45, 2.75) is 18.7 Å². The molecule has 3 aromatic rings. The number of nitrogens with zero attached hydrogens (tertiary/aromatic N) is 1. The lowest BCUT2D eigenvalue weighted by Gasteiger charge is -2.19. The Labute approximate surface area is 175 Å². The third kappa shape index (κ3) is 5.32. The van der Waals surface area contributed by atoms with Gasteiger partial charge >= 0.3 is 6.36 Å². The number of benzene rings is 1. The summed E-state index contributed by atoms with van der Waals surface area (Å²) in [6.45, 7) is 0. The molecular formula is C20H13BrF4N2O3. The second-order valence-corrected chi connectivity index (χ2v) is 7.08. The standard InChI is InChI=1S/C20H13BrF4N2O3/c21-14-2-1-7-26-19(14)13(9-16(28)12-4-6-18(29)27-10-12)11-3-5-17(15(22)8-11)30-20(23,24)25/h1-8,10,13H,9H2,(H,27,29)/t13-/m0/s1. The average Bonchev–Trinajstić information content (AvgIpc) is 2.68. The minimum Gasteiger partial charge on any atom is -0.403 e.